The number of carboxylic acids is 1. The zero-order valence-corrected chi connectivity index (χ0v) is 7.44. The van der Waals surface area contributed by atoms with Crippen LogP contribution < -0.4 is 0 Å². The van der Waals surface area contributed by atoms with Crippen molar-refractivity contribution in [2.75, 3.05) is 0 Å². The van der Waals surface area contributed by atoms with Gasteiger partial charge in [0.1, 0.15) is 0 Å². The van der Waals surface area contributed by atoms with Crippen molar-refractivity contribution in [3.63, 3.8) is 0 Å². The van der Waals surface area contributed by atoms with Crippen molar-refractivity contribution in [1.29, 1.82) is 0 Å². The molecule has 3 heteroatoms. The molecule has 3 unspecified atom stereocenters. The molecule has 0 amide bonds. The average Bonchev–Trinajstić information content (AvgIpc) is 2.46. The molecule has 0 aromatic carbocycles. The SMILES string of the molecule is O=C(O)C1CC2CC=C(O)CC2C1. The van der Waals surface area contributed by atoms with E-state index in [1.54, 1.807) is 0 Å². The van der Waals surface area contributed by atoms with E-state index >= 15 is 0 Å². The number of rotatable bonds is 1. The molecule has 2 N–H and O–H groups in total. The van der Waals surface area contributed by atoms with Gasteiger partial charge in [-0.3, -0.25) is 4.79 Å². The maximum absolute atomic E-state index is 10.7. The van der Waals surface area contributed by atoms with Crippen molar-refractivity contribution >= 4 is 5.97 Å². The molecule has 2 aliphatic rings. The summed E-state index contributed by atoms with van der Waals surface area (Å²) in [5, 5.41) is 18.1. The van der Waals surface area contributed by atoms with Gasteiger partial charge in [-0.15, -0.1) is 0 Å². The summed E-state index contributed by atoms with van der Waals surface area (Å²) in [6, 6.07) is 0. The third-order valence-electron chi connectivity index (χ3n) is 3.32. The van der Waals surface area contributed by atoms with E-state index in [-0.39, 0.29) is 5.92 Å². The first-order chi connectivity index (χ1) is 6.16. The fourth-order valence-electron chi connectivity index (χ4n) is 2.59. The maximum atomic E-state index is 10.7. The van der Waals surface area contributed by atoms with Crippen LogP contribution in [0.5, 0.6) is 0 Å². The van der Waals surface area contributed by atoms with Crippen LogP contribution in [0.4, 0.5) is 0 Å². The smallest absolute Gasteiger partial charge is 0.306 e. The highest BCUT2D eigenvalue weighted by Crippen LogP contribution is 2.44. The lowest BCUT2D eigenvalue weighted by Crippen LogP contribution is -2.12. The largest absolute Gasteiger partial charge is 0.513 e. The summed E-state index contributed by atoms with van der Waals surface area (Å²) >= 11 is 0. The van der Waals surface area contributed by atoms with Crippen LogP contribution in [-0.2, 0) is 4.79 Å². The summed E-state index contributed by atoms with van der Waals surface area (Å²) in [7, 11) is 0. The van der Waals surface area contributed by atoms with Gasteiger partial charge in [0.25, 0.3) is 0 Å². The van der Waals surface area contributed by atoms with Crippen molar-refractivity contribution in [3.8, 4) is 0 Å². The standard InChI is InChI=1S/C10H14O3/c11-9-2-1-6-3-8(10(12)13)4-7(6)5-9/h2,6-8,11H,1,3-5H2,(H,12,13). The second kappa shape index (κ2) is 3.05. The van der Waals surface area contributed by atoms with Crippen molar-refractivity contribution in [1.82, 2.24) is 0 Å². The van der Waals surface area contributed by atoms with Crippen LogP contribution in [0, 0.1) is 17.8 Å². The van der Waals surface area contributed by atoms with Gasteiger partial charge in [-0.1, -0.05) is 0 Å². The first kappa shape index (κ1) is 8.60. The predicted octanol–water partition coefficient (Wildman–Crippen LogP) is 1.95. The van der Waals surface area contributed by atoms with Crippen molar-refractivity contribution in [2.24, 2.45) is 17.8 Å². The number of aliphatic hydroxyl groups is 1. The number of hydrogen-bond donors (Lipinski definition) is 2. The van der Waals surface area contributed by atoms with E-state index in [1.165, 1.54) is 0 Å². The molecule has 0 heterocycles. The molecule has 13 heavy (non-hydrogen) atoms. The highest BCUT2D eigenvalue weighted by molar-refractivity contribution is 5.70. The quantitative estimate of drug-likeness (QED) is 0.651. The number of hydrogen-bond acceptors (Lipinski definition) is 2. The predicted molar refractivity (Wildman–Crippen MR) is 47.3 cm³/mol. The third kappa shape index (κ3) is 1.55. The molecule has 0 aromatic heterocycles. The van der Waals surface area contributed by atoms with Gasteiger partial charge in [0.2, 0.25) is 0 Å². The molecule has 1 fully saturated rings. The van der Waals surface area contributed by atoms with Crippen molar-refractivity contribution < 1.29 is 15.0 Å². The van der Waals surface area contributed by atoms with E-state index in [0.29, 0.717) is 24.0 Å². The summed E-state index contributed by atoms with van der Waals surface area (Å²) < 4.78 is 0. The topological polar surface area (TPSA) is 57.5 Å². The Morgan fingerprint density at radius 1 is 1.38 bits per heavy atom. The Morgan fingerprint density at radius 2 is 2.08 bits per heavy atom. The molecule has 72 valence electrons. The summed E-state index contributed by atoms with van der Waals surface area (Å²) in [5.41, 5.74) is 0. The Labute approximate surface area is 77.1 Å². The zero-order chi connectivity index (χ0) is 9.42. The number of fused-ring (bicyclic) bond motifs is 1. The number of aliphatic hydroxyl groups excluding tert-OH is 1. The number of carbonyl (C=O) groups is 1. The second-order valence-electron chi connectivity index (χ2n) is 4.16. The minimum Gasteiger partial charge on any atom is -0.513 e. The molecule has 1 saturated carbocycles. The fourth-order valence-corrected chi connectivity index (χ4v) is 2.59. The van der Waals surface area contributed by atoms with Crippen molar-refractivity contribution in [3.05, 3.63) is 11.8 Å². The number of allylic oxidation sites excluding steroid dienone is 2. The molecule has 0 saturated heterocycles. The number of carboxylic acid groups (broad SMARTS) is 1. The van der Waals surface area contributed by atoms with E-state index in [9.17, 15) is 9.90 Å². The molecule has 2 rings (SSSR count). The normalized spacial score (nSPS) is 38.2. The molecule has 3 nitrogen and oxygen atoms in total. The lowest BCUT2D eigenvalue weighted by atomic mass is 9.85. The molecule has 0 bridgehead atoms. The van der Waals surface area contributed by atoms with E-state index in [0.717, 1.165) is 19.3 Å². The zero-order valence-electron chi connectivity index (χ0n) is 7.44. The Kier molecular flexibility index (Phi) is 2.02. The van der Waals surface area contributed by atoms with Gasteiger partial charge in [0.15, 0.2) is 0 Å². The highest BCUT2D eigenvalue weighted by Gasteiger charge is 2.39. The molecule has 0 spiro atoms. The van der Waals surface area contributed by atoms with E-state index in [2.05, 4.69) is 0 Å². The minimum atomic E-state index is -0.672. The minimum absolute atomic E-state index is 0.172. The molecule has 2 aliphatic carbocycles. The Hall–Kier alpha value is -0.990. The lowest BCUT2D eigenvalue weighted by molar-refractivity contribution is -0.141. The molecular formula is C10H14O3. The Bertz CT molecular complexity index is 257. The second-order valence-corrected chi connectivity index (χ2v) is 4.16. The van der Waals surface area contributed by atoms with Crippen LogP contribution in [-0.4, -0.2) is 16.2 Å². The summed E-state index contributed by atoms with van der Waals surface area (Å²) in [6.07, 6.45) is 4.93. The third-order valence-corrected chi connectivity index (χ3v) is 3.32. The average molecular weight is 182 g/mol. The van der Waals surface area contributed by atoms with E-state index in [1.807, 2.05) is 6.08 Å². The Balaban J connectivity index is 2.03. The monoisotopic (exact) mass is 182 g/mol. The van der Waals surface area contributed by atoms with E-state index in [4.69, 9.17) is 5.11 Å². The van der Waals surface area contributed by atoms with Gasteiger partial charge < -0.3 is 10.2 Å². The van der Waals surface area contributed by atoms with Gasteiger partial charge >= 0.3 is 5.97 Å². The summed E-state index contributed by atoms with van der Waals surface area (Å²) in [4.78, 5) is 10.7. The lowest BCUT2D eigenvalue weighted by Gasteiger charge is -2.21. The molecule has 0 aromatic rings. The molecule has 0 radical (unpaired) electrons. The first-order valence-electron chi connectivity index (χ1n) is 4.77. The van der Waals surface area contributed by atoms with Crippen LogP contribution in [0.3, 0.4) is 0 Å². The van der Waals surface area contributed by atoms with Crippen molar-refractivity contribution in [2.45, 2.75) is 25.7 Å². The van der Waals surface area contributed by atoms with E-state index < -0.39 is 5.97 Å². The van der Waals surface area contributed by atoms with Gasteiger partial charge in [-0.2, -0.15) is 0 Å². The van der Waals surface area contributed by atoms with Gasteiger partial charge in [-0.05, 0) is 37.2 Å². The highest BCUT2D eigenvalue weighted by atomic mass is 16.4. The van der Waals surface area contributed by atoms with Crippen LogP contribution in [0.25, 0.3) is 0 Å². The van der Waals surface area contributed by atoms with Crippen LogP contribution >= 0.6 is 0 Å². The molecule has 3 atom stereocenters. The van der Waals surface area contributed by atoms with Crippen LogP contribution in [0.15, 0.2) is 11.8 Å². The summed E-state index contributed by atoms with van der Waals surface area (Å²) in [6.45, 7) is 0. The maximum Gasteiger partial charge on any atom is 0.306 e. The van der Waals surface area contributed by atoms with Crippen LogP contribution in [0.1, 0.15) is 25.7 Å². The molecule has 0 aliphatic heterocycles. The van der Waals surface area contributed by atoms with Gasteiger partial charge in [0.05, 0.1) is 11.7 Å². The van der Waals surface area contributed by atoms with Gasteiger partial charge in [-0.25, -0.2) is 0 Å². The summed E-state index contributed by atoms with van der Waals surface area (Å²) in [5.74, 6) is 0.513. The molecular weight excluding hydrogens is 168 g/mol. The Morgan fingerprint density at radius 3 is 2.77 bits per heavy atom. The number of aliphatic carboxylic acids is 1. The van der Waals surface area contributed by atoms with Crippen LogP contribution in [0.2, 0.25) is 0 Å². The van der Waals surface area contributed by atoms with Gasteiger partial charge in [0, 0.05) is 6.42 Å². The first-order valence-corrected chi connectivity index (χ1v) is 4.77. The fraction of sp³-hybridized carbons (Fsp3) is 0.700.